The minimum Gasteiger partial charge on any atom is -0.338 e. The number of aromatic nitrogens is 2. The maximum atomic E-state index is 6.15. The van der Waals surface area contributed by atoms with Crippen molar-refractivity contribution in [1.29, 1.82) is 0 Å². The maximum Gasteiger partial charge on any atom is 0.244 e. The monoisotopic (exact) mass is 251 g/mol. The highest BCUT2D eigenvalue weighted by molar-refractivity contribution is 5.01. The highest BCUT2D eigenvalue weighted by atomic mass is 16.5. The first-order valence-electron chi connectivity index (χ1n) is 7.07. The fraction of sp³-hybridized carbons (Fsp3) is 0.857. The largest absolute Gasteiger partial charge is 0.338 e. The molecule has 1 aliphatic carbocycles. The van der Waals surface area contributed by atoms with Crippen molar-refractivity contribution in [3.8, 4) is 0 Å². The van der Waals surface area contributed by atoms with Crippen LogP contribution in [0.15, 0.2) is 4.52 Å². The number of hydrogen-bond donors (Lipinski definition) is 1. The van der Waals surface area contributed by atoms with Gasteiger partial charge in [0.1, 0.15) is 0 Å². The summed E-state index contributed by atoms with van der Waals surface area (Å²) in [5.41, 5.74) is 6.10. The molecule has 1 unspecified atom stereocenters. The third-order valence-corrected chi connectivity index (χ3v) is 3.88. The van der Waals surface area contributed by atoms with Gasteiger partial charge in [0.15, 0.2) is 5.82 Å². The average molecular weight is 251 g/mol. The molecular weight excluding hydrogens is 226 g/mol. The van der Waals surface area contributed by atoms with Crippen molar-refractivity contribution in [1.82, 2.24) is 10.1 Å². The van der Waals surface area contributed by atoms with Gasteiger partial charge in [0.2, 0.25) is 5.89 Å². The van der Waals surface area contributed by atoms with Crippen LogP contribution in [-0.4, -0.2) is 10.1 Å². The van der Waals surface area contributed by atoms with Crippen LogP contribution in [0, 0.1) is 5.41 Å². The van der Waals surface area contributed by atoms with Gasteiger partial charge in [0.25, 0.3) is 0 Å². The topological polar surface area (TPSA) is 64.9 Å². The Labute approximate surface area is 109 Å². The predicted molar refractivity (Wildman–Crippen MR) is 71.1 cm³/mol. The van der Waals surface area contributed by atoms with Crippen LogP contribution < -0.4 is 5.73 Å². The highest BCUT2D eigenvalue weighted by Crippen LogP contribution is 2.33. The first-order chi connectivity index (χ1) is 8.48. The van der Waals surface area contributed by atoms with Gasteiger partial charge in [-0.25, -0.2) is 0 Å². The van der Waals surface area contributed by atoms with Gasteiger partial charge in [-0.2, -0.15) is 4.98 Å². The van der Waals surface area contributed by atoms with E-state index in [0.29, 0.717) is 11.8 Å². The van der Waals surface area contributed by atoms with Crippen LogP contribution in [0.5, 0.6) is 0 Å². The SMILES string of the molecule is CC(C)(C)C(N)c1nc(C2CCCCCC2)no1. The van der Waals surface area contributed by atoms with Crippen molar-refractivity contribution < 1.29 is 4.52 Å². The van der Waals surface area contributed by atoms with E-state index in [2.05, 4.69) is 30.9 Å². The van der Waals surface area contributed by atoms with Crippen molar-refractivity contribution >= 4 is 0 Å². The molecule has 1 aliphatic rings. The first-order valence-corrected chi connectivity index (χ1v) is 7.07. The van der Waals surface area contributed by atoms with E-state index in [-0.39, 0.29) is 11.5 Å². The Morgan fingerprint density at radius 3 is 2.33 bits per heavy atom. The van der Waals surface area contributed by atoms with Crippen molar-refractivity contribution in [2.45, 2.75) is 71.3 Å². The predicted octanol–water partition coefficient (Wildman–Crippen LogP) is 3.55. The molecule has 1 fully saturated rings. The van der Waals surface area contributed by atoms with Crippen LogP contribution in [0.25, 0.3) is 0 Å². The van der Waals surface area contributed by atoms with E-state index in [1.165, 1.54) is 38.5 Å². The van der Waals surface area contributed by atoms with Gasteiger partial charge in [-0.15, -0.1) is 0 Å². The van der Waals surface area contributed by atoms with Crippen LogP contribution in [0.2, 0.25) is 0 Å². The maximum absolute atomic E-state index is 6.15. The van der Waals surface area contributed by atoms with Crippen molar-refractivity contribution in [2.24, 2.45) is 11.1 Å². The Balaban J connectivity index is 2.09. The lowest BCUT2D eigenvalue weighted by Gasteiger charge is -2.23. The van der Waals surface area contributed by atoms with Crippen LogP contribution in [0.3, 0.4) is 0 Å². The van der Waals surface area contributed by atoms with Crippen molar-refractivity contribution in [2.75, 3.05) is 0 Å². The summed E-state index contributed by atoms with van der Waals surface area (Å²) < 4.78 is 5.36. The van der Waals surface area contributed by atoms with E-state index in [1.54, 1.807) is 0 Å². The minimum absolute atomic E-state index is 0.0484. The molecule has 1 atom stereocenters. The van der Waals surface area contributed by atoms with Gasteiger partial charge < -0.3 is 10.3 Å². The molecular formula is C14H25N3O. The van der Waals surface area contributed by atoms with Gasteiger partial charge in [0, 0.05) is 5.92 Å². The summed E-state index contributed by atoms with van der Waals surface area (Å²) in [6.07, 6.45) is 7.60. The van der Waals surface area contributed by atoms with Gasteiger partial charge in [-0.1, -0.05) is 51.6 Å². The van der Waals surface area contributed by atoms with Gasteiger partial charge in [-0.3, -0.25) is 0 Å². The summed E-state index contributed by atoms with van der Waals surface area (Å²) in [6, 6.07) is -0.190. The molecule has 1 saturated carbocycles. The smallest absolute Gasteiger partial charge is 0.244 e. The summed E-state index contributed by atoms with van der Waals surface area (Å²) >= 11 is 0. The van der Waals surface area contributed by atoms with Gasteiger partial charge in [0.05, 0.1) is 6.04 Å². The summed E-state index contributed by atoms with van der Waals surface area (Å²) in [5.74, 6) is 1.92. The highest BCUT2D eigenvalue weighted by Gasteiger charge is 2.29. The molecule has 0 aliphatic heterocycles. The van der Waals surface area contributed by atoms with E-state index in [0.717, 1.165) is 5.82 Å². The van der Waals surface area contributed by atoms with E-state index < -0.39 is 0 Å². The zero-order chi connectivity index (χ0) is 13.2. The lowest BCUT2D eigenvalue weighted by atomic mass is 9.87. The van der Waals surface area contributed by atoms with Gasteiger partial charge >= 0.3 is 0 Å². The molecule has 1 aromatic rings. The summed E-state index contributed by atoms with van der Waals surface area (Å²) in [6.45, 7) is 6.27. The number of hydrogen-bond acceptors (Lipinski definition) is 4. The van der Waals surface area contributed by atoms with Crippen LogP contribution in [0.1, 0.15) is 83.0 Å². The molecule has 0 amide bonds. The molecule has 18 heavy (non-hydrogen) atoms. The minimum atomic E-state index is -0.190. The first kappa shape index (κ1) is 13.5. The number of nitrogens with zero attached hydrogens (tertiary/aromatic N) is 2. The molecule has 2 N–H and O–H groups in total. The van der Waals surface area contributed by atoms with Crippen molar-refractivity contribution in [3.05, 3.63) is 11.7 Å². The Kier molecular flexibility index (Phi) is 4.05. The standard InChI is InChI=1S/C14H25N3O/c1-14(2,3)11(15)13-16-12(17-18-13)10-8-6-4-5-7-9-10/h10-11H,4-9,15H2,1-3H3. The zero-order valence-electron chi connectivity index (χ0n) is 11.8. The van der Waals surface area contributed by atoms with Gasteiger partial charge in [-0.05, 0) is 18.3 Å². The average Bonchev–Trinajstić information content (AvgIpc) is 2.62. The second kappa shape index (κ2) is 5.39. The molecule has 4 heteroatoms. The normalized spacial score (nSPS) is 20.7. The lowest BCUT2D eigenvalue weighted by molar-refractivity contribution is 0.252. The molecule has 0 bridgehead atoms. The van der Waals surface area contributed by atoms with Crippen molar-refractivity contribution in [3.63, 3.8) is 0 Å². The molecule has 0 spiro atoms. The van der Waals surface area contributed by atoms with E-state index >= 15 is 0 Å². The summed E-state index contributed by atoms with van der Waals surface area (Å²) in [7, 11) is 0. The lowest BCUT2D eigenvalue weighted by Crippen LogP contribution is -2.26. The molecule has 0 radical (unpaired) electrons. The zero-order valence-corrected chi connectivity index (χ0v) is 11.8. The summed E-state index contributed by atoms with van der Waals surface area (Å²) in [5, 5.41) is 4.15. The fourth-order valence-electron chi connectivity index (χ4n) is 2.45. The molecule has 1 heterocycles. The third-order valence-electron chi connectivity index (χ3n) is 3.88. The molecule has 2 rings (SSSR count). The molecule has 0 aromatic carbocycles. The van der Waals surface area contributed by atoms with Crippen LogP contribution >= 0.6 is 0 Å². The number of rotatable bonds is 2. The van der Waals surface area contributed by atoms with Crippen LogP contribution in [-0.2, 0) is 0 Å². The summed E-state index contributed by atoms with van der Waals surface area (Å²) in [4.78, 5) is 4.54. The third kappa shape index (κ3) is 3.10. The van der Waals surface area contributed by atoms with E-state index in [4.69, 9.17) is 10.3 Å². The molecule has 0 saturated heterocycles. The molecule has 102 valence electrons. The van der Waals surface area contributed by atoms with E-state index in [9.17, 15) is 0 Å². The van der Waals surface area contributed by atoms with E-state index in [1.807, 2.05) is 0 Å². The molecule has 1 aromatic heterocycles. The van der Waals surface area contributed by atoms with Crippen LogP contribution in [0.4, 0.5) is 0 Å². The fourth-order valence-corrected chi connectivity index (χ4v) is 2.45. The Morgan fingerprint density at radius 2 is 1.78 bits per heavy atom. The second-order valence-corrected chi connectivity index (χ2v) is 6.52. The Bertz CT molecular complexity index is 373. The Hall–Kier alpha value is -0.900. The quantitative estimate of drug-likeness (QED) is 0.816. The molecule has 4 nitrogen and oxygen atoms in total. The Morgan fingerprint density at radius 1 is 1.17 bits per heavy atom. The number of nitrogens with two attached hydrogens (primary N) is 1. The second-order valence-electron chi connectivity index (χ2n) is 6.52.